The molecular formula is C32H25N3O4. The van der Waals surface area contributed by atoms with E-state index in [1.807, 2.05) is 73.7 Å². The Hall–Kier alpha value is -5.04. The van der Waals surface area contributed by atoms with Gasteiger partial charge in [-0.1, -0.05) is 60.2 Å². The Bertz CT molecular complexity index is 1660. The highest BCUT2D eigenvalue weighted by molar-refractivity contribution is 6.23. The number of anilines is 1. The minimum absolute atomic E-state index is 0.0872. The van der Waals surface area contributed by atoms with Gasteiger partial charge in [-0.15, -0.1) is 0 Å². The highest BCUT2D eigenvalue weighted by atomic mass is 16.3. The molecule has 192 valence electrons. The van der Waals surface area contributed by atoms with Gasteiger partial charge in [-0.05, 0) is 61.0 Å². The summed E-state index contributed by atoms with van der Waals surface area (Å²) < 4.78 is 5.84. The summed E-state index contributed by atoms with van der Waals surface area (Å²) in [7, 11) is 0. The Balaban J connectivity index is 1.29. The van der Waals surface area contributed by atoms with Crippen LogP contribution < -0.4 is 4.90 Å². The van der Waals surface area contributed by atoms with Crippen LogP contribution in [0.25, 0.3) is 22.6 Å². The molecule has 1 atom stereocenters. The summed E-state index contributed by atoms with van der Waals surface area (Å²) in [4.78, 5) is 47.8. The SMILES string of the molecule is Cc1cccc(C(=O)N(Cc2ccccc2)C2CC(=O)N(c3ccc(-c4nc5ccccc5o4)cc3)C2=O)c1. The molecule has 1 aliphatic rings. The molecule has 7 nitrogen and oxygen atoms in total. The largest absolute Gasteiger partial charge is 0.436 e. The van der Waals surface area contributed by atoms with Crippen molar-refractivity contribution in [1.82, 2.24) is 9.88 Å². The fourth-order valence-corrected chi connectivity index (χ4v) is 4.93. The second-order valence-corrected chi connectivity index (χ2v) is 9.61. The number of para-hydroxylation sites is 2. The first-order valence-corrected chi connectivity index (χ1v) is 12.7. The van der Waals surface area contributed by atoms with E-state index in [4.69, 9.17) is 4.42 Å². The number of hydrogen-bond donors (Lipinski definition) is 0. The minimum Gasteiger partial charge on any atom is -0.436 e. The van der Waals surface area contributed by atoms with Crippen molar-refractivity contribution in [3.8, 4) is 11.5 Å². The van der Waals surface area contributed by atoms with Crippen LogP contribution in [0, 0.1) is 6.92 Å². The van der Waals surface area contributed by atoms with E-state index in [2.05, 4.69) is 4.98 Å². The Morgan fingerprint density at radius 2 is 1.67 bits per heavy atom. The fourth-order valence-electron chi connectivity index (χ4n) is 4.93. The summed E-state index contributed by atoms with van der Waals surface area (Å²) in [6.07, 6.45) is -0.0872. The Kier molecular flexibility index (Phi) is 6.25. The Labute approximate surface area is 225 Å². The van der Waals surface area contributed by atoms with Gasteiger partial charge >= 0.3 is 0 Å². The lowest BCUT2D eigenvalue weighted by Gasteiger charge is -2.28. The highest BCUT2D eigenvalue weighted by Gasteiger charge is 2.44. The lowest BCUT2D eigenvalue weighted by molar-refractivity contribution is -0.122. The molecule has 7 heteroatoms. The number of carbonyl (C=O) groups is 3. The highest BCUT2D eigenvalue weighted by Crippen LogP contribution is 2.31. The normalized spacial score (nSPS) is 15.2. The molecule has 3 amide bonds. The maximum absolute atomic E-state index is 13.7. The van der Waals surface area contributed by atoms with Crippen molar-refractivity contribution in [2.75, 3.05) is 4.90 Å². The molecular weight excluding hydrogens is 490 g/mol. The van der Waals surface area contributed by atoms with Gasteiger partial charge in [0.15, 0.2) is 5.58 Å². The van der Waals surface area contributed by atoms with Gasteiger partial charge in [-0.3, -0.25) is 14.4 Å². The average Bonchev–Trinajstić information content (AvgIpc) is 3.52. The number of nitrogens with zero attached hydrogens (tertiary/aromatic N) is 3. The molecule has 0 N–H and O–H groups in total. The van der Waals surface area contributed by atoms with E-state index >= 15 is 0 Å². The molecule has 0 aliphatic carbocycles. The Morgan fingerprint density at radius 1 is 0.923 bits per heavy atom. The van der Waals surface area contributed by atoms with Crippen molar-refractivity contribution < 1.29 is 18.8 Å². The zero-order valence-electron chi connectivity index (χ0n) is 21.3. The molecule has 2 heterocycles. The molecule has 0 bridgehead atoms. The van der Waals surface area contributed by atoms with Gasteiger partial charge in [0, 0.05) is 17.7 Å². The quantitative estimate of drug-likeness (QED) is 0.268. The molecule has 6 rings (SSSR count). The molecule has 4 aromatic carbocycles. The molecule has 5 aromatic rings. The molecule has 39 heavy (non-hydrogen) atoms. The molecule has 1 aliphatic heterocycles. The van der Waals surface area contributed by atoms with E-state index in [9.17, 15) is 14.4 Å². The number of hydrogen-bond acceptors (Lipinski definition) is 5. The van der Waals surface area contributed by atoms with Crippen LogP contribution in [0.2, 0.25) is 0 Å². The first-order chi connectivity index (χ1) is 19.0. The van der Waals surface area contributed by atoms with Crippen LogP contribution in [0.5, 0.6) is 0 Å². The van der Waals surface area contributed by atoms with Gasteiger partial charge in [-0.2, -0.15) is 0 Å². The number of benzene rings is 4. The second kappa shape index (κ2) is 10.0. The third-order valence-corrected chi connectivity index (χ3v) is 6.89. The number of imide groups is 1. The van der Waals surface area contributed by atoms with Gasteiger partial charge in [-0.25, -0.2) is 9.88 Å². The van der Waals surface area contributed by atoms with Gasteiger partial charge in [0.05, 0.1) is 12.1 Å². The summed E-state index contributed by atoms with van der Waals surface area (Å²) in [5.41, 5.74) is 4.89. The van der Waals surface area contributed by atoms with E-state index in [0.29, 0.717) is 22.7 Å². The van der Waals surface area contributed by atoms with E-state index in [-0.39, 0.29) is 24.8 Å². The second-order valence-electron chi connectivity index (χ2n) is 9.61. The van der Waals surface area contributed by atoms with Crippen molar-refractivity contribution >= 4 is 34.5 Å². The third kappa shape index (κ3) is 4.70. The summed E-state index contributed by atoms with van der Waals surface area (Å²) >= 11 is 0. The van der Waals surface area contributed by atoms with E-state index < -0.39 is 11.9 Å². The summed E-state index contributed by atoms with van der Waals surface area (Å²) in [5.74, 6) is -0.611. The number of carbonyl (C=O) groups excluding carboxylic acids is 3. The molecule has 0 spiro atoms. The third-order valence-electron chi connectivity index (χ3n) is 6.89. The first kappa shape index (κ1) is 24.3. The van der Waals surface area contributed by atoms with Crippen molar-refractivity contribution in [2.24, 2.45) is 0 Å². The molecule has 0 radical (unpaired) electrons. The van der Waals surface area contributed by atoms with Gasteiger partial charge in [0.1, 0.15) is 11.6 Å². The van der Waals surface area contributed by atoms with Crippen molar-refractivity contribution in [2.45, 2.75) is 25.9 Å². The van der Waals surface area contributed by atoms with Crippen LogP contribution in [-0.4, -0.2) is 33.6 Å². The van der Waals surface area contributed by atoms with Crippen molar-refractivity contribution in [3.63, 3.8) is 0 Å². The number of amides is 3. The van der Waals surface area contributed by atoms with Gasteiger partial charge in [0.2, 0.25) is 11.8 Å². The van der Waals surface area contributed by atoms with E-state index in [0.717, 1.165) is 22.2 Å². The molecule has 1 unspecified atom stereocenters. The van der Waals surface area contributed by atoms with Crippen LogP contribution in [0.1, 0.15) is 27.9 Å². The number of oxazole rings is 1. The maximum Gasteiger partial charge on any atom is 0.257 e. The van der Waals surface area contributed by atoms with Crippen LogP contribution in [0.4, 0.5) is 5.69 Å². The fraction of sp³-hybridized carbons (Fsp3) is 0.125. The average molecular weight is 516 g/mol. The zero-order valence-corrected chi connectivity index (χ0v) is 21.3. The smallest absolute Gasteiger partial charge is 0.257 e. The monoisotopic (exact) mass is 515 g/mol. The van der Waals surface area contributed by atoms with Gasteiger partial charge in [0.25, 0.3) is 11.8 Å². The lowest BCUT2D eigenvalue weighted by atomic mass is 10.1. The Morgan fingerprint density at radius 3 is 2.41 bits per heavy atom. The molecule has 1 fully saturated rings. The van der Waals surface area contributed by atoms with Crippen LogP contribution >= 0.6 is 0 Å². The predicted octanol–water partition coefficient (Wildman–Crippen LogP) is 5.78. The molecule has 1 saturated heterocycles. The number of fused-ring (bicyclic) bond motifs is 1. The minimum atomic E-state index is -0.914. The number of rotatable bonds is 6. The molecule has 0 saturated carbocycles. The van der Waals surface area contributed by atoms with E-state index in [1.165, 1.54) is 9.80 Å². The van der Waals surface area contributed by atoms with E-state index in [1.54, 1.807) is 36.4 Å². The molecule has 1 aromatic heterocycles. The topological polar surface area (TPSA) is 83.7 Å². The van der Waals surface area contributed by atoms with Crippen molar-refractivity contribution in [3.05, 3.63) is 120 Å². The summed E-state index contributed by atoms with van der Waals surface area (Å²) in [5, 5.41) is 0. The van der Waals surface area contributed by atoms with Crippen LogP contribution in [0.15, 0.2) is 108 Å². The summed E-state index contributed by atoms with van der Waals surface area (Å²) in [6, 6.07) is 30.3. The number of aromatic nitrogens is 1. The maximum atomic E-state index is 13.7. The zero-order chi connectivity index (χ0) is 26.9. The number of aryl methyl sites for hydroxylation is 1. The first-order valence-electron chi connectivity index (χ1n) is 12.7. The van der Waals surface area contributed by atoms with Gasteiger partial charge < -0.3 is 9.32 Å². The van der Waals surface area contributed by atoms with Crippen molar-refractivity contribution in [1.29, 1.82) is 0 Å². The van der Waals surface area contributed by atoms with Crippen LogP contribution in [0.3, 0.4) is 0 Å². The van der Waals surface area contributed by atoms with Crippen LogP contribution in [-0.2, 0) is 16.1 Å². The standard InChI is InChI=1S/C32H25N3O4/c1-21-8-7-11-24(18-21)31(37)34(20-22-9-3-2-4-10-22)27-19-29(36)35(32(27)38)25-16-14-23(15-17-25)30-33-26-12-5-6-13-28(26)39-30/h2-18,27H,19-20H2,1H3. The lowest BCUT2D eigenvalue weighted by Crippen LogP contribution is -2.45. The summed E-state index contributed by atoms with van der Waals surface area (Å²) in [6.45, 7) is 2.12. The predicted molar refractivity (Wildman–Crippen MR) is 148 cm³/mol.